The standard InChI is InChI=1S/C19H32N4O/c1-3-24-14-12-21-19(20-2)22-15-18-11-7-8-13-23(18)16-17-9-5-4-6-10-17/h4-6,9-10,18H,3,7-8,11-16H2,1-2H3,(H2,20,21,22). The molecule has 134 valence electrons. The predicted molar refractivity (Wildman–Crippen MR) is 100 cm³/mol. The van der Waals surface area contributed by atoms with Crippen LogP contribution >= 0.6 is 0 Å². The van der Waals surface area contributed by atoms with Crippen LogP contribution in [0.5, 0.6) is 0 Å². The van der Waals surface area contributed by atoms with Crippen LogP contribution in [0.3, 0.4) is 0 Å². The van der Waals surface area contributed by atoms with Crippen LogP contribution in [-0.4, -0.2) is 56.8 Å². The van der Waals surface area contributed by atoms with Gasteiger partial charge in [-0.05, 0) is 31.9 Å². The van der Waals surface area contributed by atoms with E-state index < -0.39 is 0 Å². The van der Waals surface area contributed by atoms with Gasteiger partial charge in [0.15, 0.2) is 5.96 Å². The molecular weight excluding hydrogens is 300 g/mol. The summed E-state index contributed by atoms with van der Waals surface area (Å²) in [6, 6.07) is 11.3. The molecule has 1 aliphatic heterocycles. The molecule has 24 heavy (non-hydrogen) atoms. The number of nitrogens with zero attached hydrogens (tertiary/aromatic N) is 2. The zero-order valence-electron chi connectivity index (χ0n) is 15.1. The number of benzene rings is 1. The first-order valence-electron chi connectivity index (χ1n) is 9.13. The van der Waals surface area contributed by atoms with Crippen LogP contribution in [-0.2, 0) is 11.3 Å². The largest absolute Gasteiger partial charge is 0.380 e. The number of ether oxygens (including phenoxy) is 1. The van der Waals surface area contributed by atoms with Crippen molar-refractivity contribution in [2.75, 3.05) is 39.9 Å². The van der Waals surface area contributed by atoms with E-state index in [1.807, 2.05) is 14.0 Å². The molecule has 0 saturated carbocycles. The van der Waals surface area contributed by atoms with Crippen LogP contribution < -0.4 is 10.6 Å². The molecule has 0 aromatic heterocycles. The second kappa shape index (κ2) is 11.0. The number of hydrogen-bond acceptors (Lipinski definition) is 3. The van der Waals surface area contributed by atoms with Crippen LogP contribution in [0.1, 0.15) is 31.7 Å². The number of rotatable bonds is 8. The van der Waals surface area contributed by atoms with E-state index in [2.05, 4.69) is 50.9 Å². The minimum atomic E-state index is 0.560. The Morgan fingerprint density at radius 1 is 1.25 bits per heavy atom. The summed E-state index contributed by atoms with van der Waals surface area (Å²) < 4.78 is 5.35. The molecule has 1 aliphatic rings. The number of hydrogen-bond donors (Lipinski definition) is 2. The maximum absolute atomic E-state index is 5.35. The fourth-order valence-corrected chi connectivity index (χ4v) is 3.14. The summed E-state index contributed by atoms with van der Waals surface area (Å²) in [6.07, 6.45) is 3.86. The highest BCUT2D eigenvalue weighted by Crippen LogP contribution is 2.19. The molecule has 1 fully saturated rings. The van der Waals surface area contributed by atoms with E-state index in [4.69, 9.17) is 4.74 Å². The smallest absolute Gasteiger partial charge is 0.191 e. The van der Waals surface area contributed by atoms with Gasteiger partial charge in [-0.25, -0.2) is 0 Å². The first kappa shape index (κ1) is 18.7. The van der Waals surface area contributed by atoms with E-state index in [0.717, 1.165) is 32.2 Å². The molecule has 0 aliphatic carbocycles. The third-order valence-corrected chi connectivity index (χ3v) is 4.45. The molecule has 0 spiro atoms. The highest BCUT2D eigenvalue weighted by atomic mass is 16.5. The SMILES string of the molecule is CCOCCNC(=NC)NCC1CCCCN1Cc1ccccc1. The lowest BCUT2D eigenvalue weighted by molar-refractivity contribution is 0.140. The van der Waals surface area contributed by atoms with Gasteiger partial charge in [0, 0.05) is 39.3 Å². The van der Waals surface area contributed by atoms with Gasteiger partial charge in [-0.1, -0.05) is 36.8 Å². The average Bonchev–Trinajstić information content (AvgIpc) is 2.63. The van der Waals surface area contributed by atoms with E-state index in [1.54, 1.807) is 0 Å². The number of nitrogens with one attached hydrogen (secondary N) is 2. The second-order valence-corrected chi connectivity index (χ2v) is 6.18. The van der Waals surface area contributed by atoms with Crippen LogP contribution in [0.2, 0.25) is 0 Å². The Bertz CT molecular complexity index is 478. The van der Waals surface area contributed by atoms with E-state index in [1.165, 1.54) is 31.4 Å². The molecule has 1 atom stereocenters. The Morgan fingerprint density at radius 3 is 2.83 bits per heavy atom. The van der Waals surface area contributed by atoms with Crippen molar-refractivity contribution in [3.8, 4) is 0 Å². The van der Waals surface area contributed by atoms with Crippen molar-refractivity contribution in [1.82, 2.24) is 15.5 Å². The molecule has 0 radical (unpaired) electrons. The topological polar surface area (TPSA) is 48.9 Å². The Balaban J connectivity index is 1.79. The highest BCUT2D eigenvalue weighted by Gasteiger charge is 2.22. The summed E-state index contributed by atoms with van der Waals surface area (Å²) >= 11 is 0. The van der Waals surface area contributed by atoms with Gasteiger partial charge in [-0.3, -0.25) is 9.89 Å². The molecule has 1 saturated heterocycles. The molecule has 0 amide bonds. The number of aliphatic imine (C=N–C) groups is 1. The molecule has 1 aromatic rings. The fraction of sp³-hybridized carbons (Fsp3) is 0.632. The third-order valence-electron chi connectivity index (χ3n) is 4.45. The zero-order chi connectivity index (χ0) is 17.0. The van der Waals surface area contributed by atoms with Gasteiger partial charge in [0.1, 0.15) is 0 Å². The molecule has 1 aromatic carbocycles. The molecule has 2 rings (SSSR count). The molecule has 2 N–H and O–H groups in total. The third kappa shape index (κ3) is 6.49. The summed E-state index contributed by atoms with van der Waals surface area (Å²) in [4.78, 5) is 6.90. The average molecular weight is 332 g/mol. The molecule has 0 bridgehead atoms. The summed E-state index contributed by atoms with van der Waals surface area (Å²) in [6.45, 7) is 7.40. The minimum absolute atomic E-state index is 0.560. The van der Waals surface area contributed by atoms with Gasteiger partial charge in [0.25, 0.3) is 0 Å². The van der Waals surface area contributed by atoms with Crippen molar-refractivity contribution < 1.29 is 4.74 Å². The minimum Gasteiger partial charge on any atom is -0.380 e. The zero-order valence-corrected chi connectivity index (χ0v) is 15.1. The van der Waals surface area contributed by atoms with Gasteiger partial charge >= 0.3 is 0 Å². The van der Waals surface area contributed by atoms with Crippen molar-refractivity contribution in [2.45, 2.75) is 38.8 Å². The Morgan fingerprint density at radius 2 is 2.08 bits per heavy atom. The number of likely N-dealkylation sites (tertiary alicyclic amines) is 1. The van der Waals surface area contributed by atoms with Gasteiger partial charge in [0.05, 0.1) is 6.61 Å². The maximum Gasteiger partial charge on any atom is 0.191 e. The highest BCUT2D eigenvalue weighted by molar-refractivity contribution is 5.79. The first-order valence-corrected chi connectivity index (χ1v) is 9.13. The van der Waals surface area contributed by atoms with Crippen molar-refractivity contribution in [1.29, 1.82) is 0 Å². The lowest BCUT2D eigenvalue weighted by atomic mass is 10.0. The van der Waals surface area contributed by atoms with Crippen molar-refractivity contribution in [3.05, 3.63) is 35.9 Å². The van der Waals surface area contributed by atoms with Gasteiger partial charge in [-0.2, -0.15) is 0 Å². The predicted octanol–water partition coefficient (Wildman–Crippen LogP) is 2.24. The van der Waals surface area contributed by atoms with Crippen LogP contribution in [0.25, 0.3) is 0 Å². The summed E-state index contributed by atoms with van der Waals surface area (Å²) in [5.41, 5.74) is 1.39. The lowest BCUT2D eigenvalue weighted by Crippen LogP contribution is -2.49. The molecular formula is C19H32N4O. The number of piperidine rings is 1. The van der Waals surface area contributed by atoms with Crippen LogP contribution in [0.15, 0.2) is 35.3 Å². The molecule has 5 heteroatoms. The van der Waals surface area contributed by atoms with Gasteiger partial charge in [-0.15, -0.1) is 0 Å². The van der Waals surface area contributed by atoms with Gasteiger partial charge in [0.2, 0.25) is 0 Å². The summed E-state index contributed by atoms with van der Waals surface area (Å²) in [5.74, 6) is 0.861. The summed E-state index contributed by atoms with van der Waals surface area (Å²) in [7, 11) is 1.82. The van der Waals surface area contributed by atoms with Crippen LogP contribution in [0.4, 0.5) is 0 Å². The second-order valence-electron chi connectivity index (χ2n) is 6.18. The molecule has 5 nitrogen and oxygen atoms in total. The van der Waals surface area contributed by atoms with Crippen molar-refractivity contribution in [2.24, 2.45) is 4.99 Å². The van der Waals surface area contributed by atoms with E-state index in [9.17, 15) is 0 Å². The maximum atomic E-state index is 5.35. The Hall–Kier alpha value is -1.59. The van der Waals surface area contributed by atoms with Crippen molar-refractivity contribution >= 4 is 5.96 Å². The first-order chi connectivity index (χ1) is 11.8. The van der Waals surface area contributed by atoms with E-state index in [-0.39, 0.29) is 0 Å². The monoisotopic (exact) mass is 332 g/mol. The Labute approximate surface area is 146 Å². The molecule has 1 heterocycles. The number of guanidine groups is 1. The van der Waals surface area contributed by atoms with E-state index in [0.29, 0.717) is 12.6 Å². The normalized spacial score (nSPS) is 19.2. The van der Waals surface area contributed by atoms with Gasteiger partial charge < -0.3 is 15.4 Å². The molecule has 1 unspecified atom stereocenters. The van der Waals surface area contributed by atoms with Crippen LogP contribution in [0, 0.1) is 0 Å². The fourth-order valence-electron chi connectivity index (χ4n) is 3.14. The summed E-state index contributed by atoms with van der Waals surface area (Å²) in [5, 5.41) is 6.78. The lowest BCUT2D eigenvalue weighted by Gasteiger charge is -2.36. The van der Waals surface area contributed by atoms with Crippen molar-refractivity contribution in [3.63, 3.8) is 0 Å². The quantitative estimate of drug-likeness (QED) is 0.435. The van der Waals surface area contributed by atoms with E-state index >= 15 is 0 Å². The Kier molecular flexibility index (Phi) is 8.63.